The quantitative estimate of drug-likeness (QED) is 0.302. The first-order valence-electron chi connectivity index (χ1n) is 11.9. The summed E-state index contributed by atoms with van der Waals surface area (Å²) in [4.78, 5) is 38.9. The zero-order chi connectivity index (χ0) is 25.8. The van der Waals surface area contributed by atoms with E-state index in [0.29, 0.717) is 37.2 Å². The molecule has 1 heterocycles. The molecule has 2 aliphatic rings. The maximum absolute atomic E-state index is 13.1. The molecule has 4 N–H and O–H groups in total. The van der Waals surface area contributed by atoms with Crippen molar-refractivity contribution in [2.24, 2.45) is 11.8 Å². The summed E-state index contributed by atoms with van der Waals surface area (Å²) >= 11 is 0. The van der Waals surface area contributed by atoms with Crippen molar-refractivity contribution in [2.75, 3.05) is 34.0 Å². The van der Waals surface area contributed by atoms with Gasteiger partial charge in [0.1, 0.15) is 6.04 Å². The number of ether oxygens (including phenoxy) is 3. The summed E-state index contributed by atoms with van der Waals surface area (Å²) in [6.45, 7) is 2.82. The molecule has 1 aliphatic heterocycles. The van der Waals surface area contributed by atoms with Gasteiger partial charge in [-0.1, -0.05) is 19.9 Å². The monoisotopic (exact) mass is 492 g/mol. The van der Waals surface area contributed by atoms with Crippen LogP contribution in [0.3, 0.4) is 0 Å². The molecule has 0 aromatic heterocycles. The number of aliphatic hydroxyl groups excluding tert-OH is 2. The van der Waals surface area contributed by atoms with E-state index in [1.807, 2.05) is 26.0 Å². The van der Waals surface area contributed by atoms with Gasteiger partial charge in [-0.15, -0.1) is 0 Å². The predicted molar refractivity (Wildman–Crippen MR) is 126 cm³/mol. The van der Waals surface area contributed by atoms with E-state index in [1.165, 1.54) is 0 Å². The number of nitrogens with one attached hydrogen (secondary N) is 2. The third-order valence-corrected chi connectivity index (χ3v) is 6.68. The number of fused-ring (bicyclic) bond motifs is 1. The summed E-state index contributed by atoms with van der Waals surface area (Å²) in [6.07, 6.45) is 1.99. The highest BCUT2D eigenvalue weighted by Crippen LogP contribution is 2.39. The molecule has 1 aliphatic carbocycles. The maximum Gasteiger partial charge on any atom is 0.245 e. The largest absolute Gasteiger partial charge is 0.493 e. The van der Waals surface area contributed by atoms with Crippen LogP contribution in [0.15, 0.2) is 12.1 Å². The second kappa shape index (κ2) is 11.4. The summed E-state index contributed by atoms with van der Waals surface area (Å²) in [6, 6.07) is 1.68. The minimum Gasteiger partial charge on any atom is -0.493 e. The topological polar surface area (TPSA) is 147 Å². The molecule has 1 aromatic rings. The van der Waals surface area contributed by atoms with Crippen molar-refractivity contribution >= 4 is 17.6 Å². The number of carbonyl (C=O) groups excluding carboxylic acids is 3. The molecule has 1 saturated heterocycles. The van der Waals surface area contributed by atoms with E-state index in [2.05, 4.69) is 10.6 Å². The van der Waals surface area contributed by atoms with Gasteiger partial charge in [0.2, 0.25) is 11.8 Å². The average molecular weight is 493 g/mol. The molecule has 3 unspecified atom stereocenters. The molecule has 0 bridgehead atoms. The van der Waals surface area contributed by atoms with E-state index >= 15 is 0 Å². The number of aryl methyl sites for hydroxylation is 1. The summed E-state index contributed by atoms with van der Waals surface area (Å²) in [5.74, 6) is -0.598. The van der Waals surface area contributed by atoms with Crippen LogP contribution in [0.1, 0.15) is 37.8 Å². The van der Waals surface area contributed by atoms with Gasteiger partial charge in [0.25, 0.3) is 0 Å². The van der Waals surface area contributed by atoms with Gasteiger partial charge in [0.15, 0.2) is 22.9 Å². The Labute approximate surface area is 205 Å². The number of Topliss-reactive ketones (excluding diaryl/α,β-unsaturated/α-hetero) is 1. The second-order valence-electron chi connectivity index (χ2n) is 9.62. The van der Waals surface area contributed by atoms with Gasteiger partial charge in [0.05, 0.1) is 40.1 Å². The van der Waals surface area contributed by atoms with E-state index in [1.54, 1.807) is 14.2 Å². The molecule has 35 heavy (non-hydrogen) atoms. The molecule has 194 valence electrons. The number of benzene rings is 1. The second-order valence-corrected chi connectivity index (χ2v) is 9.62. The fraction of sp³-hybridized carbons (Fsp3) is 0.640. The Balaban J connectivity index is 1.68. The summed E-state index contributed by atoms with van der Waals surface area (Å²) < 4.78 is 16.0. The van der Waals surface area contributed by atoms with E-state index in [4.69, 9.17) is 14.2 Å². The van der Waals surface area contributed by atoms with Crippen molar-refractivity contribution < 1.29 is 38.8 Å². The van der Waals surface area contributed by atoms with Gasteiger partial charge in [-0.05, 0) is 43.2 Å². The van der Waals surface area contributed by atoms with Crippen LogP contribution in [0.4, 0.5) is 0 Å². The van der Waals surface area contributed by atoms with Gasteiger partial charge in [0, 0.05) is 11.5 Å². The van der Waals surface area contributed by atoms with Crippen molar-refractivity contribution in [2.45, 2.75) is 57.2 Å². The minimum atomic E-state index is -1.28. The molecule has 1 fully saturated rings. The fourth-order valence-corrected chi connectivity index (χ4v) is 4.57. The number of aliphatic hydroxyl groups is 2. The first kappa shape index (κ1) is 26.9. The normalized spacial score (nSPS) is 22.5. The number of carbonyl (C=O) groups is 3. The Kier molecular flexibility index (Phi) is 8.74. The Morgan fingerprint density at radius 3 is 2.40 bits per heavy atom. The third kappa shape index (κ3) is 5.94. The Morgan fingerprint density at radius 1 is 1.14 bits per heavy atom. The lowest BCUT2D eigenvalue weighted by Crippen LogP contribution is -2.56. The van der Waals surface area contributed by atoms with Crippen molar-refractivity contribution in [1.29, 1.82) is 0 Å². The molecule has 1 aromatic carbocycles. The number of hydrogen-bond acceptors (Lipinski definition) is 8. The first-order chi connectivity index (χ1) is 16.7. The number of hydrogen-bond donors (Lipinski definition) is 4. The summed E-state index contributed by atoms with van der Waals surface area (Å²) in [5, 5.41) is 24.7. The number of epoxide rings is 1. The lowest BCUT2D eigenvalue weighted by Gasteiger charge is -2.28. The molecular formula is C25H36N2O8. The van der Waals surface area contributed by atoms with Crippen LogP contribution in [-0.2, 0) is 32.0 Å². The van der Waals surface area contributed by atoms with Gasteiger partial charge in [-0.3, -0.25) is 14.4 Å². The van der Waals surface area contributed by atoms with Gasteiger partial charge >= 0.3 is 0 Å². The smallest absolute Gasteiger partial charge is 0.245 e. The van der Waals surface area contributed by atoms with Crippen molar-refractivity contribution in [3.63, 3.8) is 0 Å². The summed E-state index contributed by atoms with van der Waals surface area (Å²) in [7, 11) is 3.10. The Morgan fingerprint density at radius 2 is 1.86 bits per heavy atom. The minimum absolute atomic E-state index is 0.0789. The molecule has 0 radical (unpaired) electrons. The van der Waals surface area contributed by atoms with Crippen molar-refractivity contribution in [1.82, 2.24) is 10.6 Å². The first-order valence-corrected chi connectivity index (χ1v) is 11.9. The fourth-order valence-electron chi connectivity index (χ4n) is 4.57. The van der Waals surface area contributed by atoms with E-state index < -0.39 is 48.5 Å². The molecule has 0 saturated carbocycles. The van der Waals surface area contributed by atoms with Gasteiger partial charge in [-0.25, -0.2) is 0 Å². The highest BCUT2D eigenvalue weighted by molar-refractivity contribution is 5.98. The molecule has 2 amide bonds. The molecule has 3 rings (SSSR count). The summed E-state index contributed by atoms with van der Waals surface area (Å²) in [5.41, 5.74) is 0.698. The van der Waals surface area contributed by atoms with Crippen molar-refractivity contribution in [3.8, 4) is 11.5 Å². The number of amides is 2. The third-order valence-electron chi connectivity index (χ3n) is 6.68. The Bertz CT molecular complexity index is 944. The lowest BCUT2D eigenvalue weighted by molar-refractivity contribution is -0.135. The van der Waals surface area contributed by atoms with Crippen LogP contribution in [0.2, 0.25) is 0 Å². The van der Waals surface area contributed by atoms with E-state index in [0.717, 1.165) is 11.1 Å². The van der Waals surface area contributed by atoms with Crippen LogP contribution < -0.4 is 20.1 Å². The van der Waals surface area contributed by atoms with Crippen molar-refractivity contribution in [3.05, 3.63) is 23.3 Å². The average Bonchev–Trinajstić information content (AvgIpc) is 3.66. The zero-order valence-electron chi connectivity index (χ0n) is 20.8. The molecule has 10 nitrogen and oxygen atoms in total. The molecule has 10 heteroatoms. The van der Waals surface area contributed by atoms with E-state index in [9.17, 15) is 24.6 Å². The standard InChI is InChI=1S/C25H36N2O8/c1-14(2)9-18(22(30)25(12-29)13-35-25)26-24(32)19(11-28)27-23(31)16-6-5-15-7-8-20(33-3)21(34-4)17(15)10-16/h7-8,14,16,18-19,28-29H,5-6,9-13H2,1-4H3,(H,26,32)(H,27,31)/t16?,18?,19?,25-/m1/s1. The zero-order valence-corrected chi connectivity index (χ0v) is 20.8. The highest BCUT2D eigenvalue weighted by Gasteiger charge is 2.54. The molecule has 0 spiro atoms. The van der Waals surface area contributed by atoms with Gasteiger partial charge < -0.3 is 35.1 Å². The highest BCUT2D eigenvalue weighted by atomic mass is 16.6. The van der Waals surface area contributed by atoms with Crippen LogP contribution in [0.5, 0.6) is 11.5 Å². The number of ketones is 1. The lowest BCUT2D eigenvalue weighted by atomic mass is 9.82. The van der Waals surface area contributed by atoms with Crippen LogP contribution in [0, 0.1) is 11.8 Å². The van der Waals surface area contributed by atoms with Crippen LogP contribution in [0.25, 0.3) is 0 Å². The predicted octanol–water partition coefficient (Wildman–Crippen LogP) is 0.147. The number of rotatable bonds is 12. The SMILES string of the molecule is COc1ccc2c(c1OC)CC(C(=O)NC(CO)C(=O)NC(CC(C)C)C(=O)[C@@]1(CO)CO1)CC2. The van der Waals surface area contributed by atoms with E-state index in [-0.39, 0.29) is 18.4 Å². The van der Waals surface area contributed by atoms with Gasteiger partial charge in [-0.2, -0.15) is 0 Å². The molecular weight excluding hydrogens is 456 g/mol. The van der Waals surface area contributed by atoms with Crippen LogP contribution >= 0.6 is 0 Å². The molecule has 4 atom stereocenters. The number of methoxy groups -OCH3 is 2. The maximum atomic E-state index is 13.1. The van der Waals surface area contributed by atoms with Crippen LogP contribution in [-0.4, -0.2) is 79.5 Å². The Hall–Kier alpha value is -2.69.